The lowest BCUT2D eigenvalue weighted by Crippen LogP contribution is -2.46. The van der Waals surface area contributed by atoms with Crippen molar-refractivity contribution in [1.82, 2.24) is 9.88 Å². The molecule has 0 radical (unpaired) electrons. The molecule has 1 fully saturated rings. The minimum absolute atomic E-state index is 0.0157. The molecule has 2 unspecified atom stereocenters. The molecule has 0 bridgehead atoms. The van der Waals surface area contributed by atoms with E-state index in [0.717, 1.165) is 5.56 Å². The van der Waals surface area contributed by atoms with E-state index in [1.807, 2.05) is 29.8 Å². The third-order valence-corrected chi connectivity index (χ3v) is 4.21. The zero-order valence-corrected chi connectivity index (χ0v) is 12.4. The second-order valence-corrected chi connectivity index (χ2v) is 5.90. The molecule has 0 aromatic carbocycles. The Labute approximate surface area is 126 Å². The van der Waals surface area contributed by atoms with Crippen molar-refractivity contribution in [3.05, 3.63) is 45.9 Å². The molecule has 3 rings (SSSR count). The van der Waals surface area contributed by atoms with Crippen LogP contribution in [0.1, 0.15) is 34.6 Å². The van der Waals surface area contributed by atoms with Gasteiger partial charge >= 0.3 is 0 Å². The molecule has 3 heterocycles. The van der Waals surface area contributed by atoms with Crippen LogP contribution in [0.2, 0.25) is 0 Å². The highest BCUT2D eigenvalue weighted by Crippen LogP contribution is 2.27. The van der Waals surface area contributed by atoms with Crippen LogP contribution in [0.25, 0.3) is 0 Å². The summed E-state index contributed by atoms with van der Waals surface area (Å²) < 4.78 is 5.92. The van der Waals surface area contributed by atoms with Crippen LogP contribution in [-0.4, -0.2) is 35.0 Å². The average Bonchev–Trinajstić information content (AvgIpc) is 3.17. The van der Waals surface area contributed by atoms with Gasteiger partial charge in [0, 0.05) is 12.7 Å². The van der Waals surface area contributed by atoms with E-state index in [1.165, 1.54) is 0 Å². The fraction of sp³-hybridized carbons (Fsp3) is 0.333. The SMILES string of the molecule is CC1CN(C(=O)c2cc(C#N)c[nH]2)CC(c2ccsc2)O1. The quantitative estimate of drug-likeness (QED) is 0.926. The molecule has 2 aromatic rings. The van der Waals surface area contributed by atoms with Gasteiger partial charge in [-0.2, -0.15) is 16.6 Å². The fourth-order valence-corrected chi connectivity index (χ4v) is 3.21. The minimum Gasteiger partial charge on any atom is -0.367 e. The van der Waals surface area contributed by atoms with Crippen LogP contribution >= 0.6 is 11.3 Å². The van der Waals surface area contributed by atoms with Crippen LogP contribution in [0.5, 0.6) is 0 Å². The number of hydrogen-bond acceptors (Lipinski definition) is 4. The summed E-state index contributed by atoms with van der Waals surface area (Å²) in [6, 6.07) is 5.63. The number of carbonyl (C=O) groups is 1. The molecule has 0 saturated carbocycles. The van der Waals surface area contributed by atoms with E-state index < -0.39 is 0 Å². The van der Waals surface area contributed by atoms with Crippen molar-refractivity contribution < 1.29 is 9.53 Å². The maximum absolute atomic E-state index is 12.5. The number of H-pyrrole nitrogens is 1. The third-order valence-electron chi connectivity index (χ3n) is 3.50. The predicted octanol–water partition coefficient (Wildman–Crippen LogP) is 2.55. The Morgan fingerprint density at radius 2 is 2.43 bits per heavy atom. The van der Waals surface area contributed by atoms with Crippen LogP contribution in [0.4, 0.5) is 0 Å². The lowest BCUT2D eigenvalue weighted by Gasteiger charge is -2.36. The Hall–Kier alpha value is -2.10. The lowest BCUT2D eigenvalue weighted by molar-refractivity contribution is -0.0691. The maximum Gasteiger partial charge on any atom is 0.270 e. The fourth-order valence-electron chi connectivity index (χ4n) is 2.51. The largest absolute Gasteiger partial charge is 0.367 e. The van der Waals surface area contributed by atoms with Crippen LogP contribution in [-0.2, 0) is 4.74 Å². The molecule has 21 heavy (non-hydrogen) atoms. The first-order valence-electron chi connectivity index (χ1n) is 6.72. The number of aromatic nitrogens is 1. The van der Waals surface area contributed by atoms with Crippen LogP contribution < -0.4 is 0 Å². The second kappa shape index (κ2) is 5.72. The van der Waals surface area contributed by atoms with Crippen molar-refractivity contribution in [3.63, 3.8) is 0 Å². The van der Waals surface area contributed by atoms with Crippen molar-refractivity contribution in [2.24, 2.45) is 0 Å². The molecule has 1 N–H and O–H groups in total. The molecule has 108 valence electrons. The molecule has 2 aromatic heterocycles. The second-order valence-electron chi connectivity index (χ2n) is 5.12. The number of nitrogens with one attached hydrogen (secondary N) is 1. The molecule has 0 aliphatic carbocycles. The van der Waals surface area contributed by atoms with Gasteiger partial charge in [0.15, 0.2) is 0 Å². The number of amides is 1. The standard InChI is InChI=1S/C15H15N3O2S/c1-10-7-18(8-14(20-10)12-2-3-21-9-12)15(19)13-4-11(5-16)6-17-13/h2-4,6,9-10,14,17H,7-8H2,1H3. The van der Waals surface area contributed by atoms with E-state index in [9.17, 15) is 4.79 Å². The Morgan fingerprint density at radius 1 is 1.57 bits per heavy atom. The van der Waals surface area contributed by atoms with Crippen molar-refractivity contribution in [1.29, 1.82) is 5.26 Å². The molecule has 0 spiro atoms. The summed E-state index contributed by atoms with van der Waals surface area (Å²) in [5, 5.41) is 12.9. The van der Waals surface area contributed by atoms with Crippen LogP contribution in [0.15, 0.2) is 29.1 Å². The first-order chi connectivity index (χ1) is 10.2. The molecule has 1 aliphatic rings. The Kier molecular flexibility index (Phi) is 3.78. The molecule has 6 heteroatoms. The van der Waals surface area contributed by atoms with Gasteiger partial charge in [-0.05, 0) is 35.4 Å². The van der Waals surface area contributed by atoms with Gasteiger partial charge in [0.1, 0.15) is 17.9 Å². The number of nitriles is 1. The number of morpholine rings is 1. The number of aromatic amines is 1. The van der Waals surface area contributed by atoms with Crippen molar-refractivity contribution in [2.75, 3.05) is 13.1 Å². The normalized spacial score (nSPS) is 22.0. The topological polar surface area (TPSA) is 69.1 Å². The van der Waals surface area contributed by atoms with Gasteiger partial charge in [0.25, 0.3) is 5.91 Å². The van der Waals surface area contributed by atoms with Gasteiger partial charge in [0.2, 0.25) is 0 Å². The van der Waals surface area contributed by atoms with E-state index in [0.29, 0.717) is 24.3 Å². The highest BCUT2D eigenvalue weighted by atomic mass is 32.1. The average molecular weight is 301 g/mol. The van der Waals surface area contributed by atoms with Gasteiger partial charge < -0.3 is 14.6 Å². The number of hydrogen-bond donors (Lipinski definition) is 1. The maximum atomic E-state index is 12.5. The van der Waals surface area contributed by atoms with Crippen molar-refractivity contribution in [2.45, 2.75) is 19.1 Å². The number of nitrogens with zero attached hydrogens (tertiary/aromatic N) is 2. The van der Waals surface area contributed by atoms with E-state index in [-0.39, 0.29) is 18.1 Å². The van der Waals surface area contributed by atoms with E-state index >= 15 is 0 Å². The summed E-state index contributed by atoms with van der Waals surface area (Å²) in [5.74, 6) is -0.0909. The monoisotopic (exact) mass is 301 g/mol. The summed E-state index contributed by atoms with van der Waals surface area (Å²) in [5.41, 5.74) is 2.02. The summed E-state index contributed by atoms with van der Waals surface area (Å²) >= 11 is 1.62. The van der Waals surface area contributed by atoms with Gasteiger partial charge in [-0.3, -0.25) is 4.79 Å². The van der Waals surface area contributed by atoms with Gasteiger partial charge in [-0.15, -0.1) is 0 Å². The smallest absolute Gasteiger partial charge is 0.270 e. The van der Waals surface area contributed by atoms with E-state index in [2.05, 4.69) is 4.98 Å². The van der Waals surface area contributed by atoms with Gasteiger partial charge in [-0.25, -0.2) is 0 Å². The summed E-state index contributed by atoms with van der Waals surface area (Å²) in [6.07, 6.45) is 1.44. The molecule has 2 atom stereocenters. The van der Waals surface area contributed by atoms with Gasteiger partial charge in [-0.1, -0.05) is 0 Å². The first-order valence-corrected chi connectivity index (χ1v) is 7.67. The number of carbonyl (C=O) groups excluding carboxylic acids is 1. The third kappa shape index (κ3) is 2.84. The summed E-state index contributed by atoms with van der Waals surface area (Å²) in [4.78, 5) is 17.2. The molecule has 1 saturated heterocycles. The van der Waals surface area contributed by atoms with E-state index in [4.69, 9.17) is 10.00 Å². The number of thiophene rings is 1. The molecule has 5 nitrogen and oxygen atoms in total. The van der Waals surface area contributed by atoms with Crippen LogP contribution in [0, 0.1) is 11.3 Å². The van der Waals surface area contributed by atoms with Crippen molar-refractivity contribution >= 4 is 17.2 Å². The Bertz CT molecular complexity index is 671. The molecule has 1 aliphatic heterocycles. The van der Waals surface area contributed by atoms with Crippen molar-refractivity contribution in [3.8, 4) is 6.07 Å². The predicted molar refractivity (Wildman–Crippen MR) is 79.0 cm³/mol. The minimum atomic E-state index is -0.0909. The number of ether oxygens (including phenoxy) is 1. The highest BCUT2D eigenvalue weighted by Gasteiger charge is 2.30. The summed E-state index contributed by atoms with van der Waals surface area (Å²) in [6.45, 7) is 3.05. The lowest BCUT2D eigenvalue weighted by atomic mass is 10.1. The zero-order chi connectivity index (χ0) is 14.8. The molecular formula is C15H15N3O2S. The molecular weight excluding hydrogens is 286 g/mol. The zero-order valence-electron chi connectivity index (χ0n) is 11.6. The van der Waals surface area contributed by atoms with Gasteiger partial charge in [0.05, 0.1) is 18.2 Å². The highest BCUT2D eigenvalue weighted by molar-refractivity contribution is 7.07. The molecule has 1 amide bonds. The van der Waals surface area contributed by atoms with E-state index in [1.54, 1.807) is 28.5 Å². The Balaban J connectivity index is 1.78. The van der Waals surface area contributed by atoms with Crippen LogP contribution in [0.3, 0.4) is 0 Å². The first kappa shape index (κ1) is 13.9. The summed E-state index contributed by atoms with van der Waals surface area (Å²) in [7, 11) is 0. The number of rotatable bonds is 2. The Morgan fingerprint density at radius 3 is 3.10 bits per heavy atom.